The lowest BCUT2D eigenvalue weighted by atomic mass is 9.89. The van der Waals surface area contributed by atoms with Crippen LogP contribution in [0.15, 0.2) is 36.4 Å². The topological polar surface area (TPSA) is 54.5 Å². The Balaban J connectivity index is 1.35. The largest absolute Gasteiger partial charge is 0.377 e. The van der Waals surface area contributed by atoms with E-state index in [4.69, 9.17) is 9.72 Å². The van der Waals surface area contributed by atoms with Gasteiger partial charge in [0.2, 0.25) is 5.91 Å². The molecule has 0 radical (unpaired) electrons. The second-order valence-electron chi connectivity index (χ2n) is 7.91. The summed E-state index contributed by atoms with van der Waals surface area (Å²) in [4.78, 5) is 19.9. The minimum atomic E-state index is 0.0235. The molecule has 1 aromatic heterocycles. The molecule has 1 aromatic carbocycles. The third-order valence-electron chi connectivity index (χ3n) is 5.93. The van der Waals surface area contributed by atoms with Crippen LogP contribution in [0.3, 0.4) is 0 Å². The summed E-state index contributed by atoms with van der Waals surface area (Å²) in [6.45, 7) is 2.38. The van der Waals surface area contributed by atoms with Crippen molar-refractivity contribution in [2.75, 3.05) is 13.2 Å². The first-order chi connectivity index (χ1) is 12.8. The predicted octanol–water partition coefficient (Wildman–Crippen LogP) is 2.49. The molecule has 3 atom stereocenters. The molecular formula is C21H25N3O2. The van der Waals surface area contributed by atoms with E-state index >= 15 is 0 Å². The number of rotatable bonds is 4. The summed E-state index contributed by atoms with van der Waals surface area (Å²) in [6, 6.07) is 13.3. The van der Waals surface area contributed by atoms with Crippen LogP contribution in [0.25, 0.3) is 10.9 Å². The molecule has 0 bridgehead atoms. The lowest BCUT2D eigenvalue weighted by Crippen LogP contribution is -2.52. The van der Waals surface area contributed by atoms with Crippen molar-refractivity contribution in [3.05, 3.63) is 42.1 Å². The van der Waals surface area contributed by atoms with Gasteiger partial charge in [-0.2, -0.15) is 0 Å². The van der Waals surface area contributed by atoms with Crippen LogP contribution in [0, 0.1) is 5.92 Å². The van der Waals surface area contributed by atoms with E-state index in [0.29, 0.717) is 12.1 Å². The Labute approximate surface area is 153 Å². The van der Waals surface area contributed by atoms with Crippen LogP contribution in [-0.4, -0.2) is 47.1 Å². The van der Waals surface area contributed by atoms with Gasteiger partial charge >= 0.3 is 0 Å². The van der Waals surface area contributed by atoms with Crippen molar-refractivity contribution in [3.63, 3.8) is 0 Å². The van der Waals surface area contributed by atoms with Gasteiger partial charge in [-0.15, -0.1) is 0 Å². The summed E-state index contributed by atoms with van der Waals surface area (Å²) in [7, 11) is 0. The molecule has 3 heterocycles. The number of nitrogens with zero attached hydrogens (tertiary/aromatic N) is 2. The lowest BCUT2D eigenvalue weighted by molar-refractivity contribution is -0.129. The van der Waals surface area contributed by atoms with Crippen LogP contribution in [-0.2, 0) is 16.1 Å². The first-order valence-electron chi connectivity index (χ1n) is 9.77. The molecule has 0 spiro atoms. The fourth-order valence-corrected chi connectivity index (χ4v) is 4.38. The van der Waals surface area contributed by atoms with Crippen LogP contribution in [0.4, 0.5) is 0 Å². The minimum absolute atomic E-state index is 0.0235. The Hall–Kier alpha value is -1.98. The summed E-state index contributed by atoms with van der Waals surface area (Å²) in [5.41, 5.74) is 2.10. The highest BCUT2D eigenvalue weighted by molar-refractivity contribution is 5.80. The van der Waals surface area contributed by atoms with Gasteiger partial charge < -0.3 is 10.1 Å². The van der Waals surface area contributed by atoms with Gasteiger partial charge in [-0.05, 0) is 37.8 Å². The molecule has 1 N–H and O–H groups in total. The number of pyridine rings is 1. The van der Waals surface area contributed by atoms with Gasteiger partial charge in [-0.1, -0.05) is 24.3 Å². The van der Waals surface area contributed by atoms with Crippen LogP contribution in [0.1, 0.15) is 31.4 Å². The van der Waals surface area contributed by atoms with E-state index < -0.39 is 0 Å². The lowest BCUT2D eigenvalue weighted by Gasteiger charge is -2.40. The number of piperidine rings is 1. The number of nitrogens with one attached hydrogen (secondary N) is 1. The Morgan fingerprint density at radius 2 is 2.08 bits per heavy atom. The van der Waals surface area contributed by atoms with Crippen molar-refractivity contribution in [1.29, 1.82) is 0 Å². The van der Waals surface area contributed by atoms with Crippen molar-refractivity contribution < 1.29 is 9.53 Å². The van der Waals surface area contributed by atoms with Gasteiger partial charge in [0.15, 0.2) is 0 Å². The summed E-state index contributed by atoms with van der Waals surface area (Å²) >= 11 is 0. The van der Waals surface area contributed by atoms with Crippen molar-refractivity contribution >= 4 is 16.8 Å². The zero-order valence-corrected chi connectivity index (χ0v) is 14.9. The second-order valence-corrected chi connectivity index (χ2v) is 7.91. The molecule has 3 fully saturated rings. The quantitative estimate of drug-likeness (QED) is 0.920. The molecule has 3 aliphatic rings. The van der Waals surface area contributed by atoms with E-state index in [1.807, 2.05) is 12.1 Å². The maximum absolute atomic E-state index is 12.6. The molecule has 2 aromatic rings. The summed E-state index contributed by atoms with van der Waals surface area (Å²) in [5, 5.41) is 4.34. The zero-order chi connectivity index (χ0) is 17.5. The number of carbonyl (C=O) groups excluding carboxylic acids is 1. The highest BCUT2D eigenvalue weighted by atomic mass is 16.5. The maximum atomic E-state index is 12.6. The SMILES string of the molecule is O=C(NC1CC1)[C@H]1C[C@H]2OCC[C@H]2N(Cc2ccc3ccccc3n2)C1. The first kappa shape index (κ1) is 16.2. The predicted molar refractivity (Wildman–Crippen MR) is 99.6 cm³/mol. The average molecular weight is 351 g/mol. The summed E-state index contributed by atoms with van der Waals surface area (Å²) < 4.78 is 5.95. The highest BCUT2D eigenvalue weighted by Gasteiger charge is 2.43. The van der Waals surface area contributed by atoms with Gasteiger partial charge in [0.25, 0.3) is 0 Å². The van der Waals surface area contributed by atoms with Gasteiger partial charge in [0.05, 0.1) is 23.2 Å². The zero-order valence-electron chi connectivity index (χ0n) is 14.9. The number of aromatic nitrogens is 1. The molecule has 5 rings (SSSR count). The van der Waals surface area contributed by atoms with Crippen LogP contribution < -0.4 is 5.32 Å². The third kappa shape index (κ3) is 3.21. The van der Waals surface area contributed by atoms with Crippen molar-refractivity contribution in [1.82, 2.24) is 15.2 Å². The van der Waals surface area contributed by atoms with E-state index in [-0.39, 0.29) is 17.9 Å². The monoisotopic (exact) mass is 351 g/mol. The standard InChI is InChI=1S/C21H25N3O2/c25-21(23-16-7-8-16)15-11-20-19(9-10-26-20)24(12-15)13-17-6-5-14-3-1-2-4-18(14)22-17/h1-6,15-16,19-20H,7-13H2,(H,23,25)/t15-,19+,20+/m0/s1. The molecule has 2 saturated heterocycles. The Morgan fingerprint density at radius 1 is 1.19 bits per heavy atom. The molecule has 1 saturated carbocycles. The fraction of sp³-hybridized carbons (Fsp3) is 0.524. The second kappa shape index (κ2) is 6.63. The molecule has 1 aliphatic carbocycles. The molecule has 0 unspecified atom stereocenters. The van der Waals surface area contributed by atoms with Gasteiger partial charge in [-0.25, -0.2) is 0 Å². The normalized spacial score (nSPS) is 28.8. The summed E-state index contributed by atoms with van der Waals surface area (Å²) in [5.74, 6) is 0.230. The van der Waals surface area contributed by atoms with E-state index in [0.717, 1.165) is 56.6 Å². The van der Waals surface area contributed by atoms with Crippen LogP contribution in [0.2, 0.25) is 0 Å². The Kier molecular flexibility index (Phi) is 4.14. The van der Waals surface area contributed by atoms with Crippen LogP contribution in [0.5, 0.6) is 0 Å². The maximum Gasteiger partial charge on any atom is 0.224 e. The molecule has 5 heteroatoms. The highest BCUT2D eigenvalue weighted by Crippen LogP contribution is 2.33. The molecule has 5 nitrogen and oxygen atoms in total. The van der Waals surface area contributed by atoms with Crippen LogP contribution >= 0.6 is 0 Å². The van der Waals surface area contributed by atoms with E-state index in [1.54, 1.807) is 0 Å². The molecule has 136 valence electrons. The Bertz CT molecular complexity index is 820. The number of amides is 1. The number of hydrogen-bond acceptors (Lipinski definition) is 4. The number of benzene rings is 1. The van der Waals surface area contributed by atoms with Crippen molar-refractivity contribution in [2.24, 2.45) is 5.92 Å². The number of fused-ring (bicyclic) bond motifs is 2. The van der Waals surface area contributed by atoms with E-state index in [2.05, 4.69) is 34.5 Å². The first-order valence-corrected chi connectivity index (χ1v) is 9.77. The molecule has 26 heavy (non-hydrogen) atoms. The third-order valence-corrected chi connectivity index (χ3v) is 5.93. The number of hydrogen-bond donors (Lipinski definition) is 1. The molecular weight excluding hydrogens is 326 g/mol. The van der Waals surface area contributed by atoms with E-state index in [1.165, 1.54) is 5.39 Å². The van der Waals surface area contributed by atoms with E-state index in [9.17, 15) is 4.79 Å². The Morgan fingerprint density at radius 3 is 2.96 bits per heavy atom. The minimum Gasteiger partial charge on any atom is -0.377 e. The van der Waals surface area contributed by atoms with Gasteiger partial charge in [-0.3, -0.25) is 14.7 Å². The summed E-state index contributed by atoms with van der Waals surface area (Å²) in [6.07, 6.45) is 4.34. The van der Waals surface area contributed by atoms with Crippen molar-refractivity contribution in [2.45, 2.75) is 50.4 Å². The fourth-order valence-electron chi connectivity index (χ4n) is 4.38. The van der Waals surface area contributed by atoms with Crippen molar-refractivity contribution in [3.8, 4) is 0 Å². The smallest absolute Gasteiger partial charge is 0.224 e. The average Bonchev–Trinajstić information content (AvgIpc) is 3.34. The number of likely N-dealkylation sites (tertiary alicyclic amines) is 1. The van der Waals surface area contributed by atoms with Gasteiger partial charge in [0, 0.05) is 37.2 Å². The number of para-hydroxylation sites is 1. The number of ether oxygens (including phenoxy) is 1. The molecule has 2 aliphatic heterocycles. The molecule has 1 amide bonds. The number of carbonyl (C=O) groups is 1. The van der Waals surface area contributed by atoms with Gasteiger partial charge in [0.1, 0.15) is 0 Å².